The maximum atomic E-state index is 11.9. The lowest BCUT2D eigenvalue weighted by molar-refractivity contribution is -0.139. The van der Waals surface area contributed by atoms with Gasteiger partial charge in [0.25, 0.3) is 0 Å². The number of amides is 1. The Bertz CT molecular complexity index is 209. The van der Waals surface area contributed by atoms with Gasteiger partial charge in [-0.15, -0.1) is 11.6 Å². The van der Waals surface area contributed by atoms with Gasteiger partial charge in [0, 0.05) is 18.8 Å². The lowest BCUT2D eigenvalue weighted by atomic mass is 10.1. The molecule has 1 rings (SSSR count). The number of carbonyl (C=O) groups is 1. The molecule has 1 saturated heterocycles. The topological polar surface area (TPSA) is 29.5 Å². The van der Waals surface area contributed by atoms with E-state index in [0.29, 0.717) is 38.0 Å². The van der Waals surface area contributed by atoms with E-state index in [9.17, 15) is 4.79 Å². The molecule has 1 fully saturated rings. The van der Waals surface area contributed by atoms with E-state index in [1.165, 1.54) is 0 Å². The molecule has 0 aromatic carbocycles. The van der Waals surface area contributed by atoms with Crippen molar-refractivity contribution in [1.29, 1.82) is 0 Å². The summed E-state index contributed by atoms with van der Waals surface area (Å²) in [5.41, 5.74) is 0. The van der Waals surface area contributed by atoms with Crippen molar-refractivity contribution in [3.8, 4) is 0 Å². The number of alkyl halides is 1. The molecule has 1 atom stereocenters. The second-order valence-electron chi connectivity index (χ2n) is 4.40. The Morgan fingerprint density at radius 3 is 2.93 bits per heavy atom. The number of morpholine rings is 1. The van der Waals surface area contributed by atoms with Crippen LogP contribution in [0.3, 0.4) is 0 Å². The monoisotopic (exact) mass is 233 g/mol. The van der Waals surface area contributed by atoms with Crippen LogP contribution < -0.4 is 0 Å². The Labute approximate surface area is 96.7 Å². The van der Waals surface area contributed by atoms with Crippen LogP contribution in [0.1, 0.15) is 26.7 Å². The lowest BCUT2D eigenvalue weighted by Gasteiger charge is -2.34. The second-order valence-corrected chi connectivity index (χ2v) is 4.71. The molecule has 0 aliphatic carbocycles. The Morgan fingerprint density at radius 2 is 2.33 bits per heavy atom. The van der Waals surface area contributed by atoms with E-state index < -0.39 is 0 Å². The van der Waals surface area contributed by atoms with Gasteiger partial charge in [-0.2, -0.15) is 0 Å². The molecule has 1 heterocycles. The highest BCUT2D eigenvalue weighted by atomic mass is 35.5. The minimum Gasteiger partial charge on any atom is -0.377 e. The molecule has 1 aliphatic heterocycles. The van der Waals surface area contributed by atoms with E-state index in [0.717, 1.165) is 6.42 Å². The Balaban J connectivity index is 2.41. The van der Waals surface area contributed by atoms with Crippen LogP contribution in [0.4, 0.5) is 0 Å². The minimum atomic E-state index is 0.0695. The van der Waals surface area contributed by atoms with E-state index in [-0.39, 0.29) is 11.9 Å². The van der Waals surface area contributed by atoms with Crippen molar-refractivity contribution in [2.24, 2.45) is 5.92 Å². The first-order chi connectivity index (χ1) is 7.15. The van der Waals surface area contributed by atoms with Crippen LogP contribution in [-0.2, 0) is 9.53 Å². The van der Waals surface area contributed by atoms with E-state index in [1.807, 2.05) is 4.90 Å². The molecule has 15 heavy (non-hydrogen) atoms. The van der Waals surface area contributed by atoms with Crippen molar-refractivity contribution < 1.29 is 9.53 Å². The van der Waals surface area contributed by atoms with Crippen molar-refractivity contribution in [3.05, 3.63) is 0 Å². The summed E-state index contributed by atoms with van der Waals surface area (Å²) in [7, 11) is 0. The van der Waals surface area contributed by atoms with Gasteiger partial charge in [0.15, 0.2) is 0 Å². The van der Waals surface area contributed by atoms with E-state index >= 15 is 0 Å². The molecule has 0 bridgehead atoms. The summed E-state index contributed by atoms with van der Waals surface area (Å²) in [6, 6.07) is 0.0695. The number of ether oxygens (including phenoxy) is 1. The molecular weight excluding hydrogens is 214 g/mol. The lowest BCUT2D eigenvalue weighted by Crippen LogP contribution is -2.49. The summed E-state index contributed by atoms with van der Waals surface area (Å²) in [6.45, 7) is 6.17. The summed E-state index contributed by atoms with van der Waals surface area (Å²) in [6.07, 6.45) is 1.58. The smallest absolute Gasteiger partial charge is 0.223 e. The molecule has 0 aromatic rings. The van der Waals surface area contributed by atoms with Crippen LogP contribution in [0.15, 0.2) is 0 Å². The SMILES string of the molecule is CC(C)CCC(=O)N1CCOCC1CCl. The van der Waals surface area contributed by atoms with Crippen LogP contribution in [0.25, 0.3) is 0 Å². The van der Waals surface area contributed by atoms with Crippen molar-refractivity contribution in [2.45, 2.75) is 32.7 Å². The number of carbonyl (C=O) groups excluding carboxylic acids is 1. The van der Waals surface area contributed by atoms with Crippen LogP contribution in [0, 0.1) is 5.92 Å². The molecule has 0 aromatic heterocycles. The van der Waals surface area contributed by atoms with Crippen molar-refractivity contribution in [2.75, 3.05) is 25.6 Å². The molecule has 4 heteroatoms. The summed E-state index contributed by atoms with van der Waals surface area (Å²) in [4.78, 5) is 13.8. The Morgan fingerprint density at radius 1 is 1.60 bits per heavy atom. The average Bonchev–Trinajstić information content (AvgIpc) is 2.25. The van der Waals surface area contributed by atoms with Gasteiger partial charge in [0.1, 0.15) is 0 Å². The molecule has 0 N–H and O–H groups in total. The van der Waals surface area contributed by atoms with Gasteiger partial charge in [0.05, 0.1) is 19.3 Å². The first-order valence-electron chi connectivity index (χ1n) is 5.58. The molecule has 0 saturated carbocycles. The summed E-state index contributed by atoms with van der Waals surface area (Å²) >= 11 is 5.81. The van der Waals surface area contributed by atoms with Crippen LogP contribution in [0.2, 0.25) is 0 Å². The first kappa shape index (κ1) is 12.8. The summed E-state index contributed by atoms with van der Waals surface area (Å²) < 4.78 is 5.30. The van der Waals surface area contributed by atoms with Gasteiger partial charge in [0.2, 0.25) is 5.91 Å². The van der Waals surface area contributed by atoms with Gasteiger partial charge in [-0.05, 0) is 12.3 Å². The molecule has 88 valence electrons. The van der Waals surface area contributed by atoms with Crippen molar-refractivity contribution in [1.82, 2.24) is 4.90 Å². The highest BCUT2D eigenvalue weighted by Crippen LogP contribution is 2.13. The molecule has 0 spiro atoms. The molecule has 1 unspecified atom stereocenters. The molecule has 3 nitrogen and oxygen atoms in total. The fourth-order valence-corrected chi connectivity index (χ4v) is 1.92. The normalized spacial score (nSPS) is 22.1. The largest absolute Gasteiger partial charge is 0.377 e. The number of hydrogen-bond donors (Lipinski definition) is 0. The number of hydrogen-bond acceptors (Lipinski definition) is 2. The molecule has 0 radical (unpaired) electrons. The van der Waals surface area contributed by atoms with Crippen LogP contribution in [-0.4, -0.2) is 42.5 Å². The fraction of sp³-hybridized carbons (Fsp3) is 0.909. The zero-order valence-electron chi connectivity index (χ0n) is 9.54. The number of nitrogens with zero attached hydrogens (tertiary/aromatic N) is 1. The molecular formula is C11H20ClNO2. The number of rotatable bonds is 4. The third-order valence-electron chi connectivity index (χ3n) is 2.66. The van der Waals surface area contributed by atoms with Gasteiger partial charge in [-0.1, -0.05) is 13.8 Å². The highest BCUT2D eigenvalue weighted by Gasteiger charge is 2.26. The van der Waals surface area contributed by atoms with Crippen molar-refractivity contribution >= 4 is 17.5 Å². The zero-order valence-corrected chi connectivity index (χ0v) is 10.3. The summed E-state index contributed by atoms with van der Waals surface area (Å²) in [5, 5.41) is 0. The van der Waals surface area contributed by atoms with Crippen LogP contribution in [0.5, 0.6) is 0 Å². The fourth-order valence-electron chi connectivity index (χ4n) is 1.67. The quantitative estimate of drug-likeness (QED) is 0.694. The predicted molar refractivity (Wildman–Crippen MR) is 61.1 cm³/mol. The third-order valence-corrected chi connectivity index (χ3v) is 3.02. The van der Waals surface area contributed by atoms with Gasteiger partial charge in [-0.3, -0.25) is 4.79 Å². The van der Waals surface area contributed by atoms with Gasteiger partial charge in [-0.25, -0.2) is 0 Å². The Kier molecular flexibility index (Phi) is 5.40. The maximum absolute atomic E-state index is 11.9. The van der Waals surface area contributed by atoms with E-state index in [1.54, 1.807) is 0 Å². The molecule has 1 aliphatic rings. The standard InChI is InChI=1S/C11H20ClNO2/c1-9(2)3-4-11(14)13-5-6-15-8-10(13)7-12/h9-10H,3-8H2,1-2H3. The minimum absolute atomic E-state index is 0.0695. The van der Waals surface area contributed by atoms with Gasteiger partial charge >= 0.3 is 0 Å². The predicted octanol–water partition coefficient (Wildman–Crippen LogP) is 1.89. The van der Waals surface area contributed by atoms with Crippen molar-refractivity contribution in [3.63, 3.8) is 0 Å². The van der Waals surface area contributed by atoms with Gasteiger partial charge < -0.3 is 9.64 Å². The zero-order chi connectivity index (χ0) is 11.3. The van der Waals surface area contributed by atoms with E-state index in [4.69, 9.17) is 16.3 Å². The van der Waals surface area contributed by atoms with E-state index in [2.05, 4.69) is 13.8 Å². The maximum Gasteiger partial charge on any atom is 0.223 e. The first-order valence-corrected chi connectivity index (χ1v) is 6.11. The molecule has 1 amide bonds. The average molecular weight is 234 g/mol. The third kappa shape index (κ3) is 3.99. The summed E-state index contributed by atoms with van der Waals surface area (Å²) in [5.74, 6) is 1.26. The highest BCUT2D eigenvalue weighted by molar-refractivity contribution is 6.18. The Hall–Kier alpha value is -0.280. The van der Waals surface area contributed by atoms with Crippen LogP contribution >= 0.6 is 11.6 Å². The second kappa shape index (κ2) is 6.33. The number of halogens is 1.